The topological polar surface area (TPSA) is 42.9 Å². The van der Waals surface area contributed by atoms with E-state index in [9.17, 15) is 35.5 Å². The molecule has 0 aliphatic heterocycles. The lowest BCUT2D eigenvalue weighted by atomic mass is 10.0. The smallest absolute Gasteiger partial charge is 0.285 e. The van der Waals surface area contributed by atoms with E-state index in [0.29, 0.717) is 0 Å². The molecule has 0 saturated carbocycles. The van der Waals surface area contributed by atoms with Crippen LogP contribution in [-0.4, -0.2) is 32.6 Å². The van der Waals surface area contributed by atoms with Crippen LogP contribution in [0.5, 0.6) is 0 Å². The van der Waals surface area contributed by atoms with E-state index >= 15 is 0 Å². The third-order valence-corrected chi connectivity index (χ3v) is 3.64. The van der Waals surface area contributed by atoms with Crippen LogP contribution in [0.15, 0.2) is 24.3 Å². The lowest BCUT2D eigenvalue weighted by Gasteiger charge is -2.26. The summed E-state index contributed by atoms with van der Waals surface area (Å²) < 4.78 is 96.1. The second-order valence-corrected chi connectivity index (χ2v) is 5.41. The average Bonchev–Trinajstić information content (AvgIpc) is 2.95. The number of alkyl halides is 7. The third-order valence-electron chi connectivity index (χ3n) is 2.86. The Morgan fingerprint density at radius 2 is 1.50 bits per heavy atom. The van der Waals surface area contributed by atoms with Crippen LogP contribution < -0.4 is 0 Å². The van der Waals surface area contributed by atoms with Crippen LogP contribution in [0.3, 0.4) is 0 Å². The highest BCUT2D eigenvalue weighted by Gasteiger charge is 2.76. The van der Waals surface area contributed by atoms with Gasteiger partial charge in [-0.05, 0) is 12.1 Å². The van der Waals surface area contributed by atoms with E-state index in [4.69, 9.17) is 11.6 Å². The highest BCUT2D eigenvalue weighted by atomic mass is 35.5. The number of Topliss-reactive ketones (excluding diaryl/α,β-unsaturated/α-hetero) is 1. The predicted molar refractivity (Wildman–Crippen MR) is 70.6 cm³/mol. The van der Waals surface area contributed by atoms with E-state index < -0.39 is 35.2 Å². The van der Waals surface area contributed by atoms with Gasteiger partial charge in [-0.1, -0.05) is 23.7 Å². The predicted octanol–water partition coefficient (Wildman–Crippen LogP) is 4.87. The molecule has 0 saturated heterocycles. The number of rotatable bonds is 4. The maximum atomic E-state index is 13.5. The molecule has 0 spiro atoms. The molecule has 0 N–H and O–H groups in total. The second-order valence-electron chi connectivity index (χ2n) is 4.44. The Hall–Kier alpha value is -1.75. The van der Waals surface area contributed by atoms with Gasteiger partial charge < -0.3 is 0 Å². The van der Waals surface area contributed by atoms with E-state index in [0.717, 1.165) is 0 Å². The van der Waals surface area contributed by atoms with Crippen molar-refractivity contribution in [1.82, 2.24) is 8.75 Å². The second kappa shape index (κ2) is 5.96. The fourth-order valence-corrected chi connectivity index (χ4v) is 2.30. The molecule has 1 heterocycles. The van der Waals surface area contributed by atoms with Crippen LogP contribution in [0.1, 0.15) is 10.5 Å². The van der Waals surface area contributed by atoms with Crippen LogP contribution in [0, 0.1) is 0 Å². The minimum absolute atomic E-state index is 0.00243. The summed E-state index contributed by atoms with van der Waals surface area (Å²) in [5.41, 5.74) is -1.82. The maximum absolute atomic E-state index is 13.5. The molecule has 0 aliphatic rings. The molecule has 0 fully saturated rings. The van der Waals surface area contributed by atoms with Crippen molar-refractivity contribution in [3.8, 4) is 11.3 Å². The van der Waals surface area contributed by atoms with Gasteiger partial charge in [-0.15, -0.1) is 0 Å². The third kappa shape index (κ3) is 2.97. The Kier molecular flexibility index (Phi) is 4.61. The summed E-state index contributed by atoms with van der Waals surface area (Å²) in [4.78, 5) is 11.6. The number of carbonyl (C=O) groups excluding carboxylic acids is 1. The van der Waals surface area contributed by atoms with Crippen molar-refractivity contribution in [3.05, 3.63) is 35.0 Å². The molecule has 0 aliphatic carbocycles. The van der Waals surface area contributed by atoms with Gasteiger partial charge in [-0.3, -0.25) is 4.79 Å². The van der Waals surface area contributed by atoms with Crippen molar-refractivity contribution in [2.75, 3.05) is 0 Å². The molecule has 2 rings (SSSR count). The molecule has 0 radical (unpaired) electrons. The van der Waals surface area contributed by atoms with E-state index in [1.807, 2.05) is 0 Å². The van der Waals surface area contributed by atoms with Gasteiger partial charge >= 0.3 is 18.0 Å². The molecule has 12 heteroatoms. The first kappa shape index (κ1) is 18.6. The lowest BCUT2D eigenvalue weighted by Crippen LogP contribution is -2.56. The van der Waals surface area contributed by atoms with Gasteiger partial charge in [0.15, 0.2) is 5.69 Å². The first-order valence-corrected chi connectivity index (χ1v) is 6.96. The minimum atomic E-state index is -6.62. The summed E-state index contributed by atoms with van der Waals surface area (Å²) in [6.45, 7) is 0. The van der Waals surface area contributed by atoms with Crippen molar-refractivity contribution in [1.29, 1.82) is 0 Å². The van der Waals surface area contributed by atoms with Crippen LogP contribution in [0.2, 0.25) is 5.02 Å². The molecule has 2 aromatic rings. The van der Waals surface area contributed by atoms with Crippen molar-refractivity contribution in [3.63, 3.8) is 0 Å². The zero-order chi connectivity index (χ0) is 18.3. The number of halogens is 8. The van der Waals surface area contributed by atoms with Crippen molar-refractivity contribution < 1.29 is 35.5 Å². The van der Waals surface area contributed by atoms with Gasteiger partial charge in [0.25, 0.3) is 5.78 Å². The summed E-state index contributed by atoms with van der Waals surface area (Å²) in [5, 5.41) is 0.240. The summed E-state index contributed by atoms with van der Waals surface area (Å²) >= 11 is 5.83. The standard InChI is InChI=1S/C12H4ClF7N2OS/c13-6-3-1-5(2-4-6)7-8(22-24-21-7)9(23)10(14,15)11(16,17)12(18,19)20/h1-4H. The Labute approximate surface area is 138 Å². The number of ketones is 1. The van der Waals surface area contributed by atoms with Crippen LogP contribution in [0.4, 0.5) is 30.7 Å². The highest BCUT2D eigenvalue weighted by molar-refractivity contribution is 6.99. The quantitative estimate of drug-likeness (QED) is 0.550. The molecule has 130 valence electrons. The fraction of sp³-hybridized carbons (Fsp3) is 0.250. The molecule has 0 unspecified atom stereocenters. The SMILES string of the molecule is O=C(c1nsnc1-c1ccc(Cl)cc1)C(F)(F)C(F)(F)C(F)(F)F. The number of carbonyl (C=O) groups is 1. The van der Waals surface area contributed by atoms with Gasteiger partial charge in [0.05, 0.1) is 11.7 Å². The molecule has 0 atom stereocenters. The van der Waals surface area contributed by atoms with Crippen molar-refractivity contribution in [2.45, 2.75) is 18.0 Å². The van der Waals surface area contributed by atoms with Gasteiger partial charge in [-0.2, -0.15) is 39.5 Å². The van der Waals surface area contributed by atoms with Crippen molar-refractivity contribution in [2.24, 2.45) is 0 Å². The normalized spacial score (nSPS) is 13.2. The molecular weight excluding hydrogens is 389 g/mol. The molecule has 1 aromatic heterocycles. The van der Waals surface area contributed by atoms with Crippen LogP contribution in [0.25, 0.3) is 11.3 Å². The molecular formula is C12H4ClF7N2OS. The van der Waals surface area contributed by atoms with Crippen LogP contribution in [-0.2, 0) is 0 Å². The van der Waals surface area contributed by atoms with Gasteiger partial charge in [0.1, 0.15) is 5.69 Å². The van der Waals surface area contributed by atoms with Gasteiger partial charge in [-0.25, -0.2) is 0 Å². The van der Waals surface area contributed by atoms with Crippen molar-refractivity contribution >= 4 is 29.1 Å². The van der Waals surface area contributed by atoms with E-state index in [1.165, 1.54) is 24.3 Å². The minimum Gasteiger partial charge on any atom is -0.285 e. The number of aromatic nitrogens is 2. The maximum Gasteiger partial charge on any atom is 0.460 e. The Morgan fingerprint density at radius 3 is 2.00 bits per heavy atom. The van der Waals surface area contributed by atoms with Crippen LogP contribution >= 0.6 is 23.3 Å². The molecule has 3 nitrogen and oxygen atoms in total. The van der Waals surface area contributed by atoms with Gasteiger partial charge in [0, 0.05) is 10.6 Å². The molecule has 0 amide bonds. The largest absolute Gasteiger partial charge is 0.460 e. The van der Waals surface area contributed by atoms with E-state index in [-0.39, 0.29) is 22.3 Å². The fourth-order valence-electron chi connectivity index (χ4n) is 1.60. The van der Waals surface area contributed by atoms with Gasteiger partial charge in [0.2, 0.25) is 0 Å². The summed E-state index contributed by atoms with van der Waals surface area (Å²) in [6, 6.07) is 5.01. The highest BCUT2D eigenvalue weighted by Crippen LogP contribution is 2.48. The summed E-state index contributed by atoms with van der Waals surface area (Å²) in [6.07, 6.45) is -6.62. The summed E-state index contributed by atoms with van der Waals surface area (Å²) in [7, 11) is 0. The Balaban J connectivity index is 2.48. The monoisotopic (exact) mass is 392 g/mol. The number of hydrogen-bond donors (Lipinski definition) is 0. The Morgan fingerprint density at radius 1 is 0.958 bits per heavy atom. The average molecular weight is 393 g/mol. The van der Waals surface area contributed by atoms with E-state index in [1.54, 1.807) is 0 Å². The number of benzene rings is 1. The molecule has 0 bridgehead atoms. The molecule has 24 heavy (non-hydrogen) atoms. The van der Waals surface area contributed by atoms with E-state index in [2.05, 4.69) is 8.75 Å². The first-order chi connectivity index (χ1) is 10.9. The molecule has 1 aromatic carbocycles. The number of hydrogen-bond acceptors (Lipinski definition) is 4. The summed E-state index contributed by atoms with van der Waals surface area (Å²) in [5.74, 6) is -15.4. The zero-order valence-corrected chi connectivity index (χ0v) is 12.6. The number of nitrogens with zero attached hydrogens (tertiary/aromatic N) is 2. The first-order valence-electron chi connectivity index (χ1n) is 5.85. The zero-order valence-electron chi connectivity index (χ0n) is 11.0. The lowest BCUT2D eigenvalue weighted by molar-refractivity contribution is -0.339. The Bertz CT molecular complexity index is 758.